The molecule has 1 aliphatic rings. The van der Waals surface area contributed by atoms with Crippen LogP contribution in [0.3, 0.4) is 0 Å². The second kappa shape index (κ2) is 5.16. The second-order valence-electron chi connectivity index (χ2n) is 6.21. The molecular formula is C14H20F2N2O2. The van der Waals surface area contributed by atoms with Crippen LogP contribution in [0, 0.1) is 0 Å². The Hall–Kier alpha value is -1.43. The minimum absolute atomic E-state index is 0.0653. The zero-order valence-electron chi connectivity index (χ0n) is 12.2. The summed E-state index contributed by atoms with van der Waals surface area (Å²) in [6.45, 7) is 6.65. The summed E-state index contributed by atoms with van der Waals surface area (Å²) in [5.41, 5.74) is -0.580. The van der Waals surface area contributed by atoms with E-state index < -0.39 is 6.61 Å². The van der Waals surface area contributed by atoms with E-state index in [9.17, 15) is 8.78 Å². The van der Waals surface area contributed by atoms with Crippen molar-refractivity contribution in [1.82, 2.24) is 4.98 Å². The van der Waals surface area contributed by atoms with Gasteiger partial charge in [0, 0.05) is 13.1 Å². The van der Waals surface area contributed by atoms with Gasteiger partial charge < -0.3 is 14.4 Å². The Morgan fingerprint density at radius 2 is 1.80 bits per heavy atom. The number of alkyl halides is 2. The number of halogens is 2. The molecule has 0 atom stereocenters. The molecule has 0 amide bonds. The van der Waals surface area contributed by atoms with E-state index in [-0.39, 0.29) is 17.0 Å². The molecule has 1 aromatic heterocycles. The van der Waals surface area contributed by atoms with E-state index in [0.717, 1.165) is 5.82 Å². The predicted octanol–water partition coefficient (Wildman–Crippen LogP) is 3.08. The predicted molar refractivity (Wildman–Crippen MR) is 72.3 cm³/mol. The Kier molecular flexibility index (Phi) is 3.86. The van der Waals surface area contributed by atoms with Crippen molar-refractivity contribution in [3.8, 4) is 5.75 Å². The first-order chi connectivity index (χ1) is 9.17. The second-order valence-corrected chi connectivity index (χ2v) is 6.21. The Morgan fingerprint density at radius 3 is 2.25 bits per heavy atom. The van der Waals surface area contributed by atoms with E-state index >= 15 is 0 Å². The van der Waals surface area contributed by atoms with Gasteiger partial charge in [0.2, 0.25) is 0 Å². The van der Waals surface area contributed by atoms with Gasteiger partial charge in [-0.05, 0) is 39.8 Å². The minimum Gasteiger partial charge on any atom is -0.433 e. The molecule has 6 heteroatoms. The molecule has 0 unspecified atom stereocenters. The smallest absolute Gasteiger partial charge is 0.387 e. The van der Waals surface area contributed by atoms with Gasteiger partial charge in [0.25, 0.3) is 0 Å². The number of ether oxygens (including phenoxy) is 2. The SMILES string of the molecule is CC1(C)CN(c2ccc(OC(F)F)cn2)CC(C)(C)O1. The largest absolute Gasteiger partial charge is 0.433 e. The molecule has 2 heterocycles. The van der Waals surface area contributed by atoms with Gasteiger partial charge in [-0.15, -0.1) is 0 Å². The van der Waals surface area contributed by atoms with Crippen molar-refractivity contribution in [3.05, 3.63) is 18.3 Å². The summed E-state index contributed by atoms with van der Waals surface area (Å²) in [5.74, 6) is 0.798. The van der Waals surface area contributed by atoms with Gasteiger partial charge in [-0.3, -0.25) is 0 Å². The van der Waals surface area contributed by atoms with Crippen LogP contribution in [-0.4, -0.2) is 35.9 Å². The van der Waals surface area contributed by atoms with Crippen LogP contribution in [0.1, 0.15) is 27.7 Å². The van der Waals surface area contributed by atoms with E-state index in [2.05, 4.69) is 14.6 Å². The zero-order valence-corrected chi connectivity index (χ0v) is 12.2. The first kappa shape index (κ1) is 15.0. The molecule has 0 spiro atoms. The van der Waals surface area contributed by atoms with Gasteiger partial charge in [-0.2, -0.15) is 8.78 Å². The van der Waals surface area contributed by atoms with Crippen LogP contribution in [0.5, 0.6) is 5.75 Å². The average molecular weight is 286 g/mol. The van der Waals surface area contributed by atoms with Crippen LogP contribution in [0.2, 0.25) is 0 Å². The van der Waals surface area contributed by atoms with Crippen molar-refractivity contribution in [1.29, 1.82) is 0 Å². The van der Waals surface area contributed by atoms with Crippen molar-refractivity contribution in [2.45, 2.75) is 45.5 Å². The molecular weight excluding hydrogens is 266 g/mol. The summed E-state index contributed by atoms with van der Waals surface area (Å²) in [5, 5.41) is 0. The van der Waals surface area contributed by atoms with E-state index in [0.29, 0.717) is 13.1 Å². The third kappa shape index (κ3) is 3.79. The molecule has 0 aromatic carbocycles. The standard InChI is InChI=1S/C14H20F2N2O2/c1-13(2)8-18(9-14(3,4)20-13)11-6-5-10(7-17-11)19-12(15)16/h5-7,12H,8-9H2,1-4H3. The number of anilines is 1. The fourth-order valence-corrected chi connectivity index (χ4v) is 2.68. The number of hydrogen-bond donors (Lipinski definition) is 0. The van der Waals surface area contributed by atoms with Gasteiger partial charge in [-0.1, -0.05) is 0 Å². The van der Waals surface area contributed by atoms with Crippen LogP contribution in [0.4, 0.5) is 14.6 Å². The maximum absolute atomic E-state index is 12.1. The number of rotatable bonds is 3. The molecule has 0 radical (unpaired) electrons. The molecule has 4 nitrogen and oxygen atoms in total. The number of aromatic nitrogens is 1. The highest BCUT2D eigenvalue weighted by Gasteiger charge is 2.38. The lowest BCUT2D eigenvalue weighted by molar-refractivity contribution is -0.133. The summed E-state index contributed by atoms with van der Waals surface area (Å²) in [6.07, 6.45) is 1.32. The molecule has 112 valence electrons. The summed E-state index contributed by atoms with van der Waals surface area (Å²) < 4.78 is 34.5. The van der Waals surface area contributed by atoms with Crippen molar-refractivity contribution >= 4 is 5.82 Å². The van der Waals surface area contributed by atoms with Crippen molar-refractivity contribution < 1.29 is 18.3 Å². The number of morpholine rings is 1. The lowest BCUT2D eigenvalue weighted by Crippen LogP contribution is -2.57. The van der Waals surface area contributed by atoms with E-state index in [1.165, 1.54) is 12.3 Å². The number of hydrogen-bond acceptors (Lipinski definition) is 4. The fourth-order valence-electron chi connectivity index (χ4n) is 2.68. The first-order valence-electron chi connectivity index (χ1n) is 6.53. The number of nitrogens with zero attached hydrogens (tertiary/aromatic N) is 2. The van der Waals surface area contributed by atoms with Gasteiger partial charge in [0.05, 0.1) is 17.4 Å². The molecule has 1 aliphatic heterocycles. The van der Waals surface area contributed by atoms with Gasteiger partial charge in [0.15, 0.2) is 0 Å². The van der Waals surface area contributed by atoms with Crippen molar-refractivity contribution in [2.24, 2.45) is 0 Å². The van der Waals surface area contributed by atoms with Crippen LogP contribution in [-0.2, 0) is 4.74 Å². The topological polar surface area (TPSA) is 34.6 Å². The zero-order chi connectivity index (χ0) is 15.0. The summed E-state index contributed by atoms with van der Waals surface area (Å²) in [7, 11) is 0. The van der Waals surface area contributed by atoms with Crippen molar-refractivity contribution in [2.75, 3.05) is 18.0 Å². The van der Waals surface area contributed by atoms with Crippen LogP contribution in [0.25, 0.3) is 0 Å². The van der Waals surface area contributed by atoms with Crippen LogP contribution < -0.4 is 9.64 Å². The summed E-state index contributed by atoms with van der Waals surface area (Å²) in [4.78, 5) is 6.29. The average Bonchev–Trinajstić information content (AvgIpc) is 2.24. The third-order valence-corrected chi connectivity index (χ3v) is 2.97. The Bertz CT molecular complexity index is 445. The van der Waals surface area contributed by atoms with E-state index in [4.69, 9.17) is 4.74 Å². The normalized spacial score (nSPS) is 21.1. The highest BCUT2D eigenvalue weighted by Crippen LogP contribution is 2.31. The van der Waals surface area contributed by atoms with Crippen LogP contribution in [0.15, 0.2) is 18.3 Å². The Balaban J connectivity index is 2.14. The molecule has 0 aliphatic carbocycles. The first-order valence-corrected chi connectivity index (χ1v) is 6.53. The lowest BCUT2D eigenvalue weighted by Gasteiger charge is -2.47. The molecule has 20 heavy (non-hydrogen) atoms. The monoisotopic (exact) mass is 286 g/mol. The molecule has 0 N–H and O–H groups in total. The quantitative estimate of drug-likeness (QED) is 0.855. The lowest BCUT2D eigenvalue weighted by atomic mass is 9.99. The third-order valence-electron chi connectivity index (χ3n) is 2.97. The maximum atomic E-state index is 12.1. The molecule has 2 rings (SSSR count). The van der Waals surface area contributed by atoms with E-state index in [1.54, 1.807) is 6.07 Å². The van der Waals surface area contributed by atoms with Gasteiger partial charge >= 0.3 is 6.61 Å². The highest BCUT2D eigenvalue weighted by atomic mass is 19.3. The maximum Gasteiger partial charge on any atom is 0.387 e. The summed E-state index contributed by atoms with van der Waals surface area (Å²) >= 11 is 0. The van der Waals surface area contributed by atoms with E-state index in [1.807, 2.05) is 27.7 Å². The van der Waals surface area contributed by atoms with Gasteiger partial charge in [0.1, 0.15) is 11.6 Å². The molecule has 1 fully saturated rings. The Labute approximate surface area is 117 Å². The highest BCUT2D eigenvalue weighted by molar-refractivity contribution is 5.42. The van der Waals surface area contributed by atoms with Crippen LogP contribution >= 0.6 is 0 Å². The summed E-state index contributed by atoms with van der Waals surface area (Å²) in [6, 6.07) is 3.19. The molecule has 0 saturated carbocycles. The minimum atomic E-state index is -2.83. The Morgan fingerprint density at radius 1 is 1.20 bits per heavy atom. The fraction of sp³-hybridized carbons (Fsp3) is 0.643. The van der Waals surface area contributed by atoms with Gasteiger partial charge in [-0.25, -0.2) is 4.98 Å². The molecule has 0 bridgehead atoms. The number of pyridine rings is 1. The van der Waals surface area contributed by atoms with Crippen molar-refractivity contribution in [3.63, 3.8) is 0 Å². The molecule has 1 aromatic rings. The molecule has 1 saturated heterocycles.